The molecule has 1 amide bonds. The Morgan fingerprint density at radius 3 is 2.70 bits per heavy atom. The van der Waals surface area contributed by atoms with Crippen molar-refractivity contribution in [1.29, 1.82) is 0 Å². The summed E-state index contributed by atoms with van der Waals surface area (Å²) in [7, 11) is 0. The molecule has 1 aromatic carbocycles. The predicted octanol–water partition coefficient (Wildman–Crippen LogP) is 2.90. The van der Waals surface area contributed by atoms with E-state index >= 15 is 0 Å². The van der Waals surface area contributed by atoms with Gasteiger partial charge in [-0.3, -0.25) is 9.78 Å². The maximum atomic E-state index is 13.5. The van der Waals surface area contributed by atoms with Crippen LogP contribution in [-0.4, -0.2) is 24.0 Å². The second-order valence-electron chi connectivity index (χ2n) is 6.02. The second-order valence-corrected chi connectivity index (χ2v) is 6.02. The SMILES string of the molecule is Cc1cc(-c2cnccc2N2CCC(C(N)=O)CC2)ccc1F. The van der Waals surface area contributed by atoms with Gasteiger partial charge in [-0.25, -0.2) is 4.39 Å². The van der Waals surface area contributed by atoms with Crippen molar-refractivity contribution in [2.45, 2.75) is 19.8 Å². The van der Waals surface area contributed by atoms with Crippen LogP contribution in [0.15, 0.2) is 36.7 Å². The fourth-order valence-corrected chi connectivity index (χ4v) is 3.10. The maximum Gasteiger partial charge on any atom is 0.220 e. The molecule has 5 heteroatoms. The van der Waals surface area contributed by atoms with Gasteiger partial charge in [-0.05, 0) is 49.1 Å². The number of hydrogen-bond acceptors (Lipinski definition) is 3. The number of halogens is 1. The second kappa shape index (κ2) is 6.36. The first-order chi connectivity index (χ1) is 11.1. The first-order valence-corrected chi connectivity index (χ1v) is 7.81. The average Bonchev–Trinajstić information content (AvgIpc) is 2.57. The third-order valence-electron chi connectivity index (χ3n) is 4.51. The zero-order chi connectivity index (χ0) is 16.4. The summed E-state index contributed by atoms with van der Waals surface area (Å²) in [5.74, 6) is -0.458. The van der Waals surface area contributed by atoms with Gasteiger partial charge in [-0.1, -0.05) is 6.07 Å². The Balaban J connectivity index is 1.89. The van der Waals surface area contributed by atoms with Crippen LogP contribution in [0.25, 0.3) is 11.1 Å². The van der Waals surface area contributed by atoms with Gasteiger partial charge >= 0.3 is 0 Å². The minimum atomic E-state index is -0.214. The number of rotatable bonds is 3. The number of nitrogens with zero attached hydrogens (tertiary/aromatic N) is 2. The minimum Gasteiger partial charge on any atom is -0.371 e. The summed E-state index contributed by atoms with van der Waals surface area (Å²) in [5.41, 5.74) is 9.01. The number of benzene rings is 1. The Hall–Kier alpha value is -2.43. The van der Waals surface area contributed by atoms with Crippen molar-refractivity contribution < 1.29 is 9.18 Å². The molecule has 2 heterocycles. The lowest BCUT2D eigenvalue weighted by Crippen LogP contribution is -2.38. The molecule has 23 heavy (non-hydrogen) atoms. The average molecular weight is 313 g/mol. The third-order valence-corrected chi connectivity index (χ3v) is 4.51. The monoisotopic (exact) mass is 313 g/mol. The highest BCUT2D eigenvalue weighted by Gasteiger charge is 2.24. The molecule has 120 valence electrons. The Kier molecular flexibility index (Phi) is 4.28. The van der Waals surface area contributed by atoms with Crippen molar-refractivity contribution in [2.75, 3.05) is 18.0 Å². The summed E-state index contributed by atoms with van der Waals surface area (Å²) in [4.78, 5) is 17.8. The topological polar surface area (TPSA) is 59.2 Å². The Bertz CT molecular complexity index is 724. The Labute approximate surface area is 135 Å². The van der Waals surface area contributed by atoms with Crippen LogP contribution in [-0.2, 0) is 4.79 Å². The molecule has 2 aromatic rings. The van der Waals surface area contributed by atoms with Crippen LogP contribution in [0.2, 0.25) is 0 Å². The van der Waals surface area contributed by atoms with E-state index in [0.29, 0.717) is 5.56 Å². The summed E-state index contributed by atoms with van der Waals surface area (Å²) in [5, 5.41) is 0. The van der Waals surface area contributed by atoms with Gasteiger partial charge in [0.1, 0.15) is 5.82 Å². The van der Waals surface area contributed by atoms with Crippen LogP contribution in [0.5, 0.6) is 0 Å². The van der Waals surface area contributed by atoms with E-state index in [-0.39, 0.29) is 17.6 Å². The van der Waals surface area contributed by atoms with Crippen molar-refractivity contribution in [3.05, 3.63) is 48.0 Å². The molecule has 0 unspecified atom stereocenters. The van der Waals surface area contributed by atoms with Gasteiger partial charge in [-0.2, -0.15) is 0 Å². The van der Waals surface area contributed by atoms with Crippen LogP contribution in [0.1, 0.15) is 18.4 Å². The summed E-state index contributed by atoms with van der Waals surface area (Å²) in [6.07, 6.45) is 5.09. The molecule has 0 bridgehead atoms. The zero-order valence-corrected chi connectivity index (χ0v) is 13.1. The Morgan fingerprint density at radius 1 is 1.30 bits per heavy atom. The van der Waals surface area contributed by atoms with Gasteiger partial charge in [0.15, 0.2) is 0 Å². The maximum absolute atomic E-state index is 13.5. The van der Waals surface area contributed by atoms with Gasteiger partial charge in [-0.15, -0.1) is 0 Å². The number of aromatic nitrogens is 1. The van der Waals surface area contributed by atoms with Crippen LogP contribution in [0.4, 0.5) is 10.1 Å². The predicted molar refractivity (Wildman–Crippen MR) is 88.5 cm³/mol. The van der Waals surface area contributed by atoms with Crippen molar-refractivity contribution in [3.63, 3.8) is 0 Å². The molecular formula is C18H20FN3O. The summed E-state index contributed by atoms with van der Waals surface area (Å²) >= 11 is 0. The fraction of sp³-hybridized carbons (Fsp3) is 0.333. The smallest absolute Gasteiger partial charge is 0.220 e. The number of carbonyl (C=O) groups is 1. The highest BCUT2D eigenvalue weighted by molar-refractivity contribution is 5.79. The molecule has 4 nitrogen and oxygen atoms in total. The molecule has 0 saturated carbocycles. The van der Waals surface area contributed by atoms with E-state index in [1.54, 1.807) is 19.2 Å². The molecule has 0 aliphatic carbocycles. The van der Waals surface area contributed by atoms with Gasteiger partial charge in [0.05, 0.1) is 0 Å². The molecule has 0 spiro atoms. The van der Waals surface area contributed by atoms with E-state index < -0.39 is 0 Å². The molecule has 2 N–H and O–H groups in total. The van der Waals surface area contributed by atoms with Crippen LogP contribution in [0, 0.1) is 18.7 Å². The first kappa shape index (κ1) is 15.5. The first-order valence-electron chi connectivity index (χ1n) is 7.81. The quantitative estimate of drug-likeness (QED) is 0.948. The lowest BCUT2D eigenvalue weighted by Gasteiger charge is -2.33. The number of amides is 1. The number of pyridine rings is 1. The highest BCUT2D eigenvalue weighted by Crippen LogP contribution is 2.33. The number of nitrogens with two attached hydrogens (primary N) is 1. The number of anilines is 1. The number of piperidine rings is 1. The van der Waals surface area contributed by atoms with Crippen LogP contribution in [0.3, 0.4) is 0 Å². The van der Waals surface area contributed by atoms with Crippen LogP contribution < -0.4 is 10.6 Å². The standard InChI is InChI=1S/C18H20FN3O/c1-12-10-14(2-3-16(12)19)15-11-21-7-4-17(15)22-8-5-13(6-9-22)18(20)23/h2-4,7,10-11,13H,5-6,8-9H2,1H3,(H2,20,23). The van der Waals surface area contributed by atoms with E-state index in [2.05, 4.69) is 9.88 Å². The molecular weight excluding hydrogens is 293 g/mol. The van der Waals surface area contributed by atoms with E-state index in [1.807, 2.05) is 18.3 Å². The van der Waals surface area contributed by atoms with Gasteiger partial charge in [0.2, 0.25) is 5.91 Å². The zero-order valence-electron chi connectivity index (χ0n) is 13.1. The fourth-order valence-electron chi connectivity index (χ4n) is 3.10. The molecule has 1 fully saturated rings. The summed E-state index contributed by atoms with van der Waals surface area (Å²) < 4.78 is 13.5. The molecule has 1 aliphatic heterocycles. The van der Waals surface area contributed by atoms with E-state index in [4.69, 9.17) is 5.73 Å². The minimum absolute atomic E-state index is 0.0374. The molecule has 1 aromatic heterocycles. The van der Waals surface area contributed by atoms with Crippen LogP contribution >= 0.6 is 0 Å². The molecule has 1 aliphatic rings. The summed E-state index contributed by atoms with van der Waals surface area (Å²) in [6, 6.07) is 7.07. The summed E-state index contributed by atoms with van der Waals surface area (Å²) in [6.45, 7) is 3.32. The Morgan fingerprint density at radius 2 is 2.04 bits per heavy atom. The number of carbonyl (C=O) groups excluding carboxylic acids is 1. The van der Waals surface area contributed by atoms with E-state index in [9.17, 15) is 9.18 Å². The number of primary amides is 1. The van der Waals surface area contributed by atoms with E-state index in [0.717, 1.165) is 42.7 Å². The van der Waals surface area contributed by atoms with Gasteiger partial charge in [0.25, 0.3) is 0 Å². The lowest BCUT2D eigenvalue weighted by atomic mass is 9.95. The highest BCUT2D eigenvalue weighted by atomic mass is 19.1. The van der Waals surface area contributed by atoms with Crippen molar-refractivity contribution in [1.82, 2.24) is 4.98 Å². The molecule has 0 radical (unpaired) electrons. The third kappa shape index (κ3) is 3.18. The largest absolute Gasteiger partial charge is 0.371 e. The van der Waals surface area contributed by atoms with Crippen molar-refractivity contribution in [3.8, 4) is 11.1 Å². The van der Waals surface area contributed by atoms with E-state index in [1.165, 1.54) is 6.07 Å². The van der Waals surface area contributed by atoms with Crippen molar-refractivity contribution >= 4 is 11.6 Å². The number of hydrogen-bond donors (Lipinski definition) is 1. The number of aryl methyl sites for hydroxylation is 1. The molecule has 1 saturated heterocycles. The molecule has 0 atom stereocenters. The normalized spacial score (nSPS) is 15.7. The van der Waals surface area contributed by atoms with Gasteiger partial charge < -0.3 is 10.6 Å². The van der Waals surface area contributed by atoms with Gasteiger partial charge in [0, 0.05) is 42.7 Å². The molecule has 3 rings (SSSR count). The lowest BCUT2D eigenvalue weighted by molar-refractivity contribution is -0.122. The van der Waals surface area contributed by atoms with Crippen molar-refractivity contribution in [2.24, 2.45) is 11.7 Å².